The Labute approximate surface area is 138 Å². The third kappa shape index (κ3) is 2.37. The zero-order chi connectivity index (χ0) is 16.8. The van der Waals surface area contributed by atoms with Crippen LogP contribution in [0.15, 0.2) is 18.2 Å². The largest absolute Gasteiger partial charge is 0.327 e. The lowest BCUT2D eigenvalue weighted by Crippen LogP contribution is -2.42. The number of carbonyl (C=O) groups is 1. The normalized spacial score (nSPS) is 28.3. The highest BCUT2D eigenvalue weighted by atomic mass is 19.1. The molecule has 4 unspecified atom stereocenters. The van der Waals surface area contributed by atoms with Gasteiger partial charge in [0.25, 0.3) is 0 Å². The molecule has 1 heterocycles. The Hall–Kier alpha value is -2.35. The van der Waals surface area contributed by atoms with Gasteiger partial charge in [0.15, 0.2) is 5.82 Å². The summed E-state index contributed by atoms with van der Waals surface area (Å²) in [5.74, 6) is 0.588. The number of carbonyl (C=O) groups excluding carboxylic acids is 1. The van der Waals surface area contributed by atoms with Gasteiger partial charge in [-0.05, 0) is 66.6 Å². The predicted octanol–water partition coefficient (Wildman–Crippen LogP) is 1.42. The van der Waals surface area contributed by atoms with Gasteiger partial charge in [0.2, 0.25) is 5.91 Å². The van der Waals surface area contributed by atoms with Gasteiger partial charge in [0.1, 0.15) is 11.5 Å². The topological polar surface area (TPSA) is 98.7 Å². The molecule has 2 aliphatic rings. The van der Waals surface area contributed by atoms with Crippen LogP contribution in [-0.2, 0) is 4.79 Å². The van der Waals surface area contributed by atoms with E-state index in [-0.39, 0.29) is 23.6 Å². The number of anilines is 1. The van der Waals surface area contributed by atoms with Crippen molar-refractivity contribution in [2.75, 3.05) is 5.32 Å². The second-order valence-corrected chi connectivity index (χ2v) is 6.73. The van der Waals surface area contributed by atoms with Gasteiger partial charge in [0, 0.05) is 11.7 Å². The summed E-state index contributed by atoms with van der Waals surface area (Å²) < 4.78 is 15.4. The molecule has 7 nitrogen and oxygen atoms in total. The van der Waals surface area contributed by atoms with Gasteiger partial charge >= 0.3 is 0 Å². The molecular formula is C16H19FN6O. The SMILES string of the molecule is Cc1nnnn1-c1cc(NC(=O)C2C3CCC(C3)C2N)ccc1F. The third-order valence-corrected chi connectivity index (χ3v) is 5.35. The molecule has 2 fully saturated rings. The summed E-state index contributed by atoms with van der Waals surface area (Å²) in [4.78, 5) is 12.6. The zero-order valence-corrected chi connectivity index (χ0v) is 13.3. The van der Waals surface area contributed by atoms with E-state index in [9.17, 15) is 9.18 Å². The van der Waals surface area contributed by atoms with Gasteiger partial charge in [-0.3, -0.25) is 4.79 Å². The van der Waals surface area contributed by atoms with E-state index in [0.29, 0.717) is 23.3 Å². The Kier molecular flexibility index (Phi) is 3.56. The first-order valence-corrected chi connectivity index (χ1v) is 8.16. The molecule has 0 aliphatic heterocycles. The van der Waals surface area contributed by atoms with Crippen LogP contribution in [0.4, 0.5) is 10.1 Å². The second kappa shape index (κ2) is 5.62. The Morgan fingerprint density at radius 3 is 2.83 bits per heavy atom. The van der Waals surface area contributed by atoms with Crippen molar-refractivity contribution >= 4 is 11.6 Å². The lowest BCUT2D eigenvalue weighted by Gasteiger charge is -2.27. The molecule has 0 saturated heterocycles. The average molecular weight is 330 g/mol. The van der Waals surface area contributed by atoms with Crippen LogP contribution in [0.3, 0.4) is 0 Å². The monoisotopic (exact) mass is 330 g/mol. The summed E-state index contributed by atoms with van der Waals surface area (Å²) in [6, 6.07) is 4.29. The number of benzene rings is 1. The second-order valence-electron chi connectivity index (χ2n) is 6.73. The van der Waals surface area contributed by atoms with Crippen LogP contribution in [0.1, 0.15) is 25.1 Å². The van der Waals surface area contributed by atoms with Crippen LogP contribution >= 0.6 is 0 Å². The summed E-state index contributed by atoms with van der Waals surface area (Å²) in [6.45, 7) is 1.68. The first kappa shape index (κ1) is 15.2. The van der Waals surface area contributed by atoms with Crippen molar-refractivity contribution in [3.8, 4) is 5.69 Å². The van der Waals surface area contributed by atoms with Crippen LogP contribution in [-0.4, -0.2) is 32.2 Å². The molecular weight excluding hydrogens is 311 g/mol. The summed E-state index contributed by atoms with van der Waals surface area (Å²) in [7, 11) is 0. The summed E-state index contributed by atoms with van der Waals surface area (Å²) in [6.07, 6.45) is 3.22. The van der Waals surface area contributed by atoms with Crippen molar-refractivity contribution in [2.45, 2.75) is 32.2 Å². The molecule has 2 bridgehead atoms. The molecule has 8 heteroatoms. The molecule has 2 aromatic rings. The number of nitrogens with zero attached hydrogens (tertiary/aromatic N) is 4. The molecule has 3 N–H and O–H groups in total. The number of rotatable bonds is 3. The quantitative estimate of drug-likeness (QED) is 0.887. The third-order valence-electron chi connectivity index (χ3n) is 5.35. The maximum Gasteiger partial charge on any atom is 0.229 e. The van der Waals surface area contributed by atoms with Crippen LogP contribution < -0.4 is 11.1 Å². The lowest BCUT2D eigenvalue weighted by molar-refractivity contribution is -0.121. The number of amides is 1. The number of fused-ring (bicyclic) bond motifs is 2. The van der Waals surface area contributed by atoms with Crippen LogP contribution in [0, 0.1) is 30.5 Å². The smallest absolute Gasteiger partial charge is 0.229 e. The fourth-order valence-electron chi connectivity index (χ4n) is 4.16. The zero-order valence-electron chi connectivity index (χ0n) is 13.3. The Balaban J connectivity index is 1.57. The van der Waals surface area contributed by atoms with Crippen molar-refractivity contribution < 1.29 is 9.18 Å². The van der Waals surface area contributed by atoms with Gasteiger partial charge in [-0.2, -0.15) is 4.68 Å². The number of hydrogen-bond donors (Lipinski definition) is 2. The van der Waals surface area contributed by atoms with Gasteiger partial charge in [0.05, 0.1) is 5.92 Å². The standard InChI is InChI=1S/C16H19FN6O/c1-8-20-21-22-23(8)13-7-11(4-5-12(13)17)19-16(24)14-9-2-3-10(6-9)15(14)18/h4-5,7,9-10,14-15H,2-3,6,18H2,1H3,(H,19,24). The highest BCUT2D eigenvalue weighted by Crippen LogP contribution is 2.47. The van der Waals surface area contributed by atoms with E-state index in [1.165, 1.54) is 22.9 Å². The molecule has 2 aliphatic carbocycles. The number of hydrogen-bond acceptors (Lipinski definition) is 5. The highest BCUT2D eigenvalue weighted by Gasteiger charge is 2.49. The van der Waals surface area contributed by atoms with Crippen LogP contribution in [0.5, 0.6) is 0 Å². The molecule has 4 atom stereocenters. The van der Waals surface area contributed by atoms with Gasteiger partial charge in [-0.25, -0.2) is 4.39 Å². The summed E-state index contributed by atoms with van der Waals surface area (Å²) in [5.41, 5.74) is 6.93. The van der Waals surface area contributed by atoms with Gasteiger partial charge in [-0.1, -0.05) is 0 Å². The molecule has 126 valence electrons. The molecule has 24 heavy (non-hydrogen) atoms. The van der Waals surface area contributed by atoms with E-state index in [2.05, 4.69) is 20.8 Å². The molecule has 0 spiro atoms. The van der Waals surface area contributed by atoms with Crippen molar-refractivity contribution in [3.63, 3.8) is 0 Å². The summed E-state index contributed by atoms with van der Waals surface area (Å²) >= 11 is 0. The van der Waals surface area contributed by atoms with E-state index in [1.807, 2.05) is 0 Å². The molecule has 1 aromatic carbocycles. The Bertz CT molecular complexity index is 789. The minimum Gasteiger partial charge on any atom is -0.327 e. The van der Waals surface area contributed by atoms with Crippen molar-refractivity contribution in [3.05, 3.63) is 29.8 Å². The van der Waals surface area contributed by atoms with Crippen LogP contribution in [0.25, 0.3) is 5.69 Å². The van der Waals surface area contributed by atoms with Crippen molar-refractivity contribution in [1.29, 1.82) is 0 Å². The van der Waals surface area contributed by atoms with Crippen molar-refractivity contribution in [2.24, 2.45) is 23.5 Å². The van der Waals surface area contributed by atoms with E-state index in [4.69, 9.17) is 5.73 Å². The summed E-state index contributed by atoms with van der Waals surface area (Å²) in [5, 5.41) is 13.9. The number of nitrogens with one attached hydrogen (secondary N) is 1. The average Bonchev–Trinajstić information content (AvgIpc) is 3.25. The molecule has 2 saturated carbocycles. The van der Waals surface area contributed by atoms with E-state index < -0.39 is 5.82 Å². The number of nitrogens with two attached hydrogens (primary N) is 1. The minimum atomic E-state index is -0.458. The van der Waals surface area contributed by atoms with E-state index >= 15 is 0 Å². The molecule has 0 radical (unpaired) electrons. The first-order valence-electron chi connectivity index (χ1n) is 8.16. The lowest BCUT2D eigenvalue weighted by atomic mass is 9.84. The Morgan fingerprint density at radius 2 is 2.17 bits per heavy atom. The Morgan fingerprint density at radius 1 is 1.38 bits per heavy atom. The van der Waals surface area contributed by atoms with Crippen LogP contribution in [0.2, 0.25) is 0 Å². The highest BCUT2D eigenvalue weighted by molar-refractivity contribution is 5.93. The van der Waals surface area contributed by atoms with E-state index in [1.54, 1.807) is 6.92 Å². The molecule has 4 rings (SSSR count). The van der Waals surface area contributed by atoms with Gasteiger partial charge in [-0.15, -0.1) is 5.10 Å². The molecule has 1 aromatic heterocycles. The van der Waals surface area contributed by atoms with Crippen molar-refractivity contribution in [1.82, 2.24) is 20.2 Å². The first-order chi connectivity index (χ1) is 11.5. The maximum absolute atomic E-state index is 14.1. The number of aryl methyl sites for hydroxylation is 1. The number of aromatic nitrogens is 4. The van der Waals surface area contributed by atoms with Gasteiger partial charge < -0.3 is 11.1 Å². The predicted molar refractivity (Wildman–Crippen MR) is 84.8 cm³/mol. The van der Waals surface area contributed by atoms with E-state index in [0.717, 1.165) is 19.3 Å². The maximum atomic E-state index is 14.1. The number of halogens is 1. The fourth-order valence-corrected chi connectivity index (χ4v) is 4.16. The minimum absolute atomic E-state index is 0.0783. The fraction of sp³-hybridized carbons (Fsp3) is 0.500. The number of tetrazole rings is 1. The molecule has 1 amide bonds.